The minimum absolute atomic E-state index is 0.0980. The van der Waals surface area contributed by atoms with Crippen molar-refractivity contribution in [2.75, 3.05) is 13.1 Å². The quantitative estimate of drug-likeness (QED) is 0.746. The molecule has 0 bridgehead atoms. The maximum atomic E-state index is 13.2. The van der Waals surface area contributed by atoms with Gasteiger partial charge in [0.1, 0.15) is 0 Å². The van der Waals surface area contributed by atoms with Gasteiger partial charge in [-0.25, -0.2) is 8.78 Å². The lowest BCUT2D eigenvalue weighted by molar-refractivity contribution is -0.0520. The van der Waals surface area contributed by atoms with Crippen LogP contribution in [-0.4, -0.2) is 19.0 Å². The van der Waals surface area contributed by atoms with Gasteiger partial charge in [0.15, 0.2) is 0 Å². The molecule has 2 aliphatic carbocycles. The summed E-state index contributed by atoms with van der Waals surface area (Å²) in [6.07, 6.45) is 7.06. The molecule has 0 saturated heterocycles. The summed E-state index contributed by atoms with van der Waals surface area (Å²) in [7, 11) is 0. The van der Waals surface area contributed by atoms with E-state index in [4.69, 9.17) is 0 Å². The molecule has 17 heavy (non-hydrogen) atoms. The summed E-state index contributed by atoms with van der Waals surface area (Å²) in [5, 5.41) is 3.45. The van der Waals surface area contributed by atoms with Crippen LogP contribution in [0.15, 0.2) is 0 Å². The van der Waals surface area contributed by atoms with Crippen LogP contribution in [0.5, 0.6) is 0 Å². The second-order valence-corrected chi connectivity index (χ2v) is 6.20. The Labute approximate surface area is 103 Å². The van der Waals surface area contributed by atoms with E-state index in [1.807, 2.05) is 0 Å². The van der Waals surface area contributed by atoms with E-state index in [1.54, 1.807) is 0 Å². The molecule has 100 valence electrons. The Morgan fingerprint density at radius 2 is 2.00 bits per heavy atom. The van der Waals surface area contributed by atoms with Crippen LogP contribution in [0.25, 0.3) is 0 Å². The van der Waals surface area contributed by atoms with E-state index in [2.05, 4.69) is 12.2 Å². The zero-order valence-electron chi connectivity index (χ0n) is 10.9. The fourth-order valence-electron chi connectivity index (χ4n) is 3.21. The van der Waals surface area contributed by atoms with Crippen LogP contribution in [0.1, 0.15) is 58.3 Å². The van der Waals surface area contributed by atoms with Gasteiger partial charge in [-0.2, -0.15) is 0 Å². The molecule has 0 amide bonds. The van der Waals surface area contributed by atoms with Gasteiger partial charge in [-0.3, -0.25) is 0 Å². The summed E-state index contributed by atoms with van der Waals surface area (Å²) in [6.45, 7) is 4.06. The van der Waals surface area contributed by atoms with E-state index < -0.39 is 5.92 Å². The standard InChI is InChI=1S/C14H25F2N/c1-2-5-13(7-8-13)11-17-10-12-4-3-6-14(15,16)9-12/h12,17H,2-11H2,1H3. The van der Waals surface area contributed by atoms with Crippen LogP contribution >= 0.6 is 0 Å². The number of alkyl halides is 2. The fourth-order valence-corrected chi connectivity index (χ4v) is 3.21. The van der Waals surface area contributed by atoms with Crippen LogP contribution in [-0.2, 0) is 0 Å². The number of rotatable bonds is 6. The molecule has 1 N–H and O–H groups in total. The van der Waals surface area contributed by atoms with Crippen molar-refractivity contribution < 1.29 is 8.78 Å². The predicted octanol–water partition coefficient (Wildman–Crippen LogP) is 3.98. The molecule has 0 aromatic carbocycles. The highest BCUT2D eigenvalue weighted by molar-refractivity contribution is 4.94. The van der Waals surface area contributed by atoms with Crippen LogP contribution in [0, 0.1) is 11.3 Å². The van der Waals surface area contributed by atoms with Gasteiger partial charge in [0, 0.05) is 19.4 Å². The van der Waals surface area contributed by atoms with Gasteiger partial charge in [0.2, 0.25) is 5.92 Å². The highest BCUT2D eigenvalue weighted by Crippen LogP contribution is 2.49. The second-order valence-electron chi connectivity index (χ2n) is 6.20. The third-order valence-electron chi connectivity index (χ3n) is 4.41. The zero-order chi connectivity index (χ0) is 12.4. The van der Waals surface area contributed by atoms with Crippen molar-refractivity contribution in [3.8, 4) is 0 Å². The first-order valence-corrected chi connectivity index (χ1v) is 7.14. The summed E-state index contributed by atoms with van der Waals surface area (Å²) in [5.41, 5.74) is 0.534. The summed E-state index contributed by atoms with van der Waals surface area (Å²) in [6, 6.07) is 0. The van der Waals surface area contributed by atoms with E-state index in [1.165, 1.54) is 25.7 Å². The first kappa shape index (κ1) is 13.3. The molecule has 3 heteroatoms. The van der Waals surface area contributed by atoms with Crippen LogP contribution in [0.2, 0.25) is 0 Å². The van der Waals surface area contributed by atoms with Gasteiger partial charge in [-0.1, -0.05) is 13.3 Å². The fraction of sp³-hybridized carbons (Fsp3) is 1.00. The molecule has 2 saturated carbocycles. The molecule has 2 fully saturated rings. The van der Waals surface area contributed by atoms with E-state index in [0.717, 1.165) is 19.5 Å². The molecular weight excluding hydrogens is 220 g/mol. The number of hydrogen-bond acceptors (Lipinski definition) is 1. The van der Waals surface area contributed by atoms with Gasteiger partial charge in [0.25, 0.3) is 0 Å². The molecule has 0 aromatic heterocycles. The van der Waals surface area contributed by atoms with Crippen molar-refractivity contribution in [2.24, 2.45) is 11.3 Å². The van der Waals surface area contributed by atoms with Crippen LogP contribution < -0.4 is 5.32 Å². The third-order valence-corrected chi connectivity index (χ3v) is 4.41. The van der Waals surface area contributed by atoms with Crippen molar-refractivity contribution in [1.29, 1.82) is 0 Å². The van der Waals surface area contributed by atoms with E-state index in [-0.39, 0.29) is 18.8 Å². The maximum Gasteiger partial charge on any atom is 0.248 e. The smallest absolute Gasteiger partial charge is 0.248 e. The number of halogens is 2. The van der Waals surface area contributed by atoms with Crippen molar-refractivity contribution in [3.63, 3.8) is 0 Å². The van der Waals surface area contributed by atoms with Crippen molar-refractivity contribution in [2.45, 2.75) is 64.2 Å². The van der Waals surface area contributed by atoms with Crippen LogP contribution in [0.4, 0.5) is 8.78 Å². The number of nitrogens with one attached hydrogen (secondary N) is 1. The number of hydrogen-bond donors (Lipinski definition) is 1. The lowest BCUT2D eigenvalue weighted by Gasteiger charge is -2.29. The highest BCUT2D eigenvalue weighted by atomic mass is 19.3. The Hall–Kier alpha value is -0.180. The molecule has 0 aliphatic heterocycles. The molecule has 1 unspecified atom stereocenters. The average Bonchev–Trinajstić information content (AvgIpc) is 2.97. The van der Waals surface area contributed by atoms with Gasteiger partial charge < -0.3 is 5.32 Å². The first-order chi connectivity index (χ1) is 8.05. The largest absolute Gasteiger partial charge is 0.316 e. The molecular formula is C14H25F2N. The predicted molar refractivity (Wildman–Crippen MR) is 66.3 cm³/mol. The average molecular weight is 245 g/mol. The van der Waals surface area contributed by atoms with Crippen molar-refractivity contribution in [3.05, 3.63) is 0 Å². The molecule has 1 atom stereocenters. The molecule has 0 aromatic rings. The Morgan fingerprint density at radius 1 is 1.24 bits per heavy atom. The maximum absolute atomic E-state index is 13.2. The molecule has 2 rings (SSSR count). The minimum atomic E-state index is -2.40. The second kappa shape index (κ2) is 5.21. The SMILES string of the molecule is CCCC1(CNCC2CCCC(F)(F)C2)CC1. The summed E-state index contributed by atoms with van der Waals surface area (Å²) in [5.74, 6) is -2.21. The molecule has 0 heterocycles. The van der Waals surface area contributed by atoms with E-state index in [9.17, 15) is 8.78 Å². The highest BCUT2D eigenvalue weighted by Gasteiger charge is 2.41. The topological polar surface area (TPSA) is 12.0 Å². The molecule has 2 aliphatic rings. The lowest BCUT2D eigenvalue weighted by Crippen LogP contribution is -2.34. The summed E-state index contributed by atoms with van der Waals surface area (Å²) < 4.78 is 26.4. The summed E-state index contributed by atoms with van der Waals surface area (Å²) >= 11 is 0. The van der Waals surface area contributed by atoms with Gasteiger partial charge in [0.05, 0.1) is 0 Å². The molecule has 0 spiro atoms. The molecule has 1 nitrogen and oxygen atoms in total. The van der Waals surface area contributed by atoms with Crippen molar-refractivity contribution >= 4 is 0 Å². The van der Waals surface area contributed by atoms with Gasteiger partial charge >= 0.3 is 0 Å². The van der Waals surface area contributed by atoms with Crippen LogP contribution in [0.3, 0.4) is 0 Å². The van der Waals surface area contributed by atoms with Crippen molar-refractivity contribution in [1.82, 2.24) is 5.32 Å². The van der Waals surface area contributed by atoms with Gasteiger partial charge in [-0.15, -0.1) is 0 Å². The Bertz CT molecular complexity index is 249. The third kappa shape index (κ3) is 3.90. The van der Waals surface area contributed by atoms with E-state index in [0.29, 0.717) is 11.8 Å². The normalized spacial score (nSPS) is 30.2. The minimum Gasteiger partial charge on any atom is -0.316 e. The lowest BCUT2D eigenvalue weighted by atomic mass is 9.86. The zero-order valence-corrected chi connectivity index (χ0v) is 10.9. The Balaban J connectivity index is 1.65. The monoisotopic (exact) mass is 245 g/mol. The van der Waals surface area contributed by atoms with Gasteiger partial charge in [-0.05, 0) is 50.0 Å². The molecule has 0 radical (unpaired) electrons. The Kier molecular flexibility index (Phi) is 4.06. The first-order valence-electron chi connectivity index (χ1n) is 7.14. The van der Waals surface area contributed by atoms with E-state index >= 15 is 0 Å². The Morgan fingerprint density at radius 3 is 2.59 bits per heavy atom. The summed E-state index contributed by atoms with van der Waals surface area (Å²) in [4.78, 5) is 0.